The molecule has 88 valence electrons. The lowest BCUT2D eigenvalue weighted by atomic mass is 10.3. The van der Waals surface area contributed by atoms with Crippen LogP contribution < -0.4 is 5.32 Å². The molecule has 0 atom stereocenters. The first-order valence-electron chi connectivity index (χ1n) is 4.34. The Morgan fingerprint density at radius 1 is 1.12 bits per heavy atom. The standard InChI is InChI=1S/C9H4BrCl2FN4/c10-4-1-2-6(5(13)3-4)14-9-16-7(11)15-8(12)17-9/h1-3H,(H,14,15,16,17). The van der Waals surface area contributed by atoms with Crippen LogP contribution in [0.4, 0.5) is 16.0 Å². The Labute approximate surface area is 114 Å². The molecule has 1 aromatic heterocycles. The first kappa shape index (κ1) is 12.5. The second-order valence-corrected chi connectivity index (χ2v) is 4.54. The summed E-state index contributed by atoms with van der Waals surface area (Å²) in [6, 6.07) is 4.52. The maximum atomic E-state index is 13.5. The van der Waals surface area contributed by atoms with E-state index in [1.807, 2.05) is 0 Å². The molecule has 1 aromatic carbocycles. The number of anilines is 2. The lowest BCUT2D eigenvalue weighted by Gasteiger charge is -2.06. The number of hydrogen-bond acceptors (Lipinski definition) is 4. The fraction of sp³-hybridized carbons (Fsp3) is 0. The molecule has 0 bridgehead atoms. The van der Waals surface area contributed by atoms with Crippen LogP contribution in [0, 0.1) is 5.82 Å². The van der Waals surface area contributed by atoms with E-state index in [1.165, 1.54) is 12.1 Å². The minimum absolute atomic E-state index is 0.0648. The lowest BCUT2D eigenvalue weighted by molar-refractivity contribution is 0.630. The molecule has 1 N–H and O–H groups in total. The zero-order valence-electron chi connectivity index (χ0n) is 8.09. The normalized spacial score (nSPS) is 10.4. The van der Waals surface area contributed by atoms with Gasteiger partial charge in [0.05, 0.1) is 5.69 Å². The van der Waals surface area contributed by atoms with Crippen molar-refractivity contribution in [2.24, 2.45) is 0 Å². The zero-order valence-corrected chi connectivity index (χ0v) is 11.2. The Hall–Kier alpha value is -0.980. The van der Waals surface area contributed by atoms with Gasteiger partial charge in [-0.1, -0.05) is 15.9 Å². The monoisotopic (exact) mass is 336 g/mol. The van der Waals surface area contributed by atoms with Crippen LogP contribution in [-0.4, -0.2) is 15.0 Å². The number of halogens is 4. The smallest absolute Gasteiger partial charge is 0.232 e. The molecule has 0 fully saturated rings. The number of nitrogens with zero attached hydrogens (tertiary/aromatic N) is 3. The maximum Gasteiger partial charge on any atom is 0.232 e. The summed E-state index contributed by atoms with van der Waals surface area (Å²) >= 11 is 14.3. The van der Waals surface area contributed by atoms with Crippen molar-refractivity contribution in [2.45, 2.75) is 0 Å². The van der Waals surface area contributed by atoms with Crippen molar-refractivity contribution in [2.75, 3.05) is 5.32 Å². The van der Waals surface area contributed by atoms with E-state index in [9.17, 15) is 4.39 Å². The van der Waals surface area contributed by atoms with Gasteiger partial charge in [-0.15, -0.1) is 0 Å². The van der Waals surface area contributed by atoms with E-state index in [0.29, 0.717) is 4.47 Å². The summed E-state index contributed by atoms with van der Waals surface area (Å²) in [6.07, 6.45) is 0. The van der Waals surface area contributed by atoms with E-state index in [4.69, 9.17) is 23.2 Å². The Balaban J connectivity index is 2.31. The van der Waals surface area contributed by atoms with Crippen molar-refractivity contribution < 1.29 is 4.39 Å². The highest BCUT2D eigenvalue weighted by Gasteiger charge is 2.07. The minimum Gasteiger partial charge on any atom is -0.321 e. The summed E-state index contributed by atoms with van der Waals surface area (Å²) in [5.41, 5.74) is 0.214. The lowest BCUT2D eigenvalue weighted by Crippen LogP contribution is -2.01. The van der Waals surface area contributed by atoms with E-state index in [1.54, 1.807) is 6.07 Å². The summed E-state index contributed by atoms with van der Waals surface area (Å²) < 4.78 is 14.1. The summed E-state index contributed by atoms with van der Waals surface area (Å²) in [4.78, 5) is 11.1. The molecule has 0 spiro atoms. The van der Waals surface area contributed by atoms with Gasteiger partial charge >= 0.3 is 0 Å². The summed E-state index contributed by atoms with van der Waals surface area (Å²) in [5.74, 6) is -0.372. The van der Waals surface area contributed by atoms with Crippen LogP contribution in [0.3, 0.4) is 0 Å². The van der Waals surface area contributed by atoms with Crippen LogP contribution in [0.15, 0.2) is 22.7 Å². The Bertz CT molecular complexity index is 546. The molecule has 4 nitrogen and oxygen atoms in total. The molecule has 0 aliphatic carbocycles. The highest BCUT2D eigenvalue weighted by molar-refractivity contribution is 9.10. The number of aromatic nitrogens is 3. The van der Waals surface area contributed by atoms with Crippen LogP contribution in [0.25, 0.3) is 0 Å². The predicted octanol–water partition coefficient (Wildman–Crippen LogP) is 3.82. The Morgan fingerprint density at radius 2 is 1.76 bits per heavy atom. The highest BCUT2D eigenvalue weighted by atomic mass is 79.9. The largest absolute Gasteiger partial charge is 0.321 e. The molecular weight excluding hydrogens is 334 g/mol. The van der Waals surface area contributed by atoms with Crippen LogP contribution in [0.5, 0.6) is 0 Å². The molecule has 8 heteroatoms. The quantitative estimate of drug-likeness (QED) is 0.905. The van der Waals surface area contributed by atoms with Gasteiger partial charge in [0.1, 0.15) is 5.82 Å². The molecule has 17 heavy (non-hydrogen) atoms. The molecule has 0 radical (unpaired) electrons. The fourth-order valence-electron chi connectivity index (χ4n) is 1.09. The van der Waals surface area contributed by atoms with Crippen molar-refractivity contribution >= 4 is 50.8 Å². The molecule has 2 aromatic rings. The van der Waals surface area contributed by atoms with E-state index >= 15 is 0 Å². The fourth-order valence-corrected chi connectivity index (χ4v) is 1.79. The minimum atomic E-state index is -0.452. The molecule has 0 aliphatic heterocycles. The molecule has 1 heterocycles. The Kier molecular flexibility index (Phi) is 3.76. The van der Waals surface area contributed by atoms with Gasteiger partial charge in [0, 0.05) is 4.47 Å². The Morgan fingerprint density at radius 3 is 2.35 bits per heavy atom. The first-order chi connectivity index (χ1) is 8.04. The van der Waals surface area contributed by atoms with Crippen LogP contribution >= 0.6 is 39.1 Å². The van der Waals surface area contributed by atoms with Crippen molar-refractivity contribution in [1.82, 2.24) is 15.0 Å². The van der Waals surface area contributed by atoms with Crippen molar-refractivity contribution in [1.29, 1.82) is 0 Å². The van der Waals surface area contributed by atoms with E-state index in [-0.39, 0.29) is 22.2 Å². The SMILES string of the molecule is Fc1cc(Br)ccc1Nc1nc(Cl)nc(Cl)n1. The third-order valence-corrected chi connectivity index (χ3v) is 2.59. The van der Waals surface area contributed by atoms with Gasteiger partial charge in [0.2, 0.25) is 16.5 Å². The van der Waals surface area contributed by atoms with E-state index in [2.05, 4.69) is 36.2 Å². The average Bonchev–Trinajstić information content (AvgIpc) is 2.21. The topological polar surface area (TPSA) is 50.7 Å². The predicted molar refractivity (Wildman–Crippen MR) is 67.2 cm³/mol. The van der Waals surface area contributed by atoms with Gasteiger partial charge in [-0.3, -0.25) is 0 Å². The molecule has 0 saturated heterocycles. The summed E-state index contributed by atoms with van der Waals surface area (Å²) in [7, 11) is 0. The second-order valence-electron chi connectivity index (χ2n) is 2.95. The van der Waals surface area contributed by atoms with Crippen LogP contribution in [-0.2, 0) is 0 Å². The van der Waals surface area contributed by atoms with Gasteiger partial charge in [0.15, 0.2) is 0 Å². The molecule has 0 amide bonds. The zero-order chi connectivity index (χ0) is 12.4. The van der Waals surface area contributed by atoms with Gasteiger partial charge in [-0.25, -0.2) is 4.39 Å². The van der Waals surface area contributed by atoms with Crippen LogP contribution in [0.2, 0.25) is 10.6 Å². The first-order valence-corrected chi connectivity index (χ1v) is 5.88. The van der Waals surface area contributed by atoms with Crippen molar-refractivity contribution in [3.8, 4) is 0 Å². The van der Waals surface area contributed by atoms with Gasteiger partial charge < -0.3 is 5.32 Å². The van der Waals surface area contributed by atoms with E-state index in [0.717, 1.165) is 0 Å². The number of rotatable bonds is 2. The van der Waals surface area contributed by atoms with Crippen molar-refractivity contribution in [3.05, 3.63) is 39.1 Å². The van der Waals surface area contributed by atoms with Crippen molar-refractivity contribution in [3.63, 3.8) is 0 Å². The van der Waals surface area contributed by atoms with Gasteiger partial charge in [-0.05, 0) is 41.4 Å². The molecular formula is C9H4BrCl2FN4. The highest BCUT2D eigenvalue weighted by Crippen LogP contribution is 2.22. The molecule has 0 saturated carbocycles. The summed E-state index contributed by atoms with van der Waals surface area (Å²) in [5, 5.41) is 2.52. The third-order valence-electron chi connectivity index (χ3n) is 1.76. The summed E-state index contributed by atoms with van der Waals surface area (Å²) in [6.45, 7) is 0. The number of nitrogens with one attached hydrogen (secondary N) is 1. The number of hydrogen-bond donors (Lipinski definition) is 1. The average molecular weight is 338 g/mol. The maximum absolute atomic E-state index is 13.5. The van der Waals surface area contributed by atoms with Gasteiger partial charge in [0.25, 0.3) is 0 Å². The van der Waals surface area contributed by atoms with Gasteiger partial charge in [-0.2, -0.15) is 15.0 Å². The molecule has 0 aliphatic rings. The third kappa shape index (κ3) is 3.24. The van der Waals surface area contributed by atoms with Crippen LogP contribution in [0.1, 0.15) is 0 Å². The number of benzene rings is 1. The second kappa shape index (κ2) is 5.12. The van der Waals surface area contributed by atoms with E-state index < -0.39 is 5.82 Å². The molecule has 0 unspecified atom stereocenters. The molecule has 2 rings (SSSR count).